The lowest BCUT2D eigenvalue weighted by Gasteiger charge is -2.08. The van der Waals surface area contributed by atoms with Crippen LogP contribution in [-0.4, -0.2) is 47.6 Å². The fourth-order valence-electron chi connectivity index (χ4n) is 2.54. The predicted molar refractivity (Wildman–Crippen MR) is 143 cm³/mol. The van der Waals surface area contributed by atoms with Gasteiger partial charge in [0.15, 0.2) is 0 Å². The molecule has 0 fully saturated rings. The summed E-state index contributed by atoms with van der Waals surface area (Å²) < 4.78 is 0. The second kappa shape index (κ2) is 15.6. The van der Waals surface area contributed by atoms with Gasteiger partial charge in [-0.2, -0.15) is 0 Å². The zero-order valence-electron chi connectivity index (χ0n) is 18.6. The van der Waals surface area contributed by atoms with E-state index in [9.17, 15) is 9.59 Å². The lowest BCUT2D eigenvalue weighted by atomic mass is 10.0. The van der Waals surface area contributed by atoms with E-state index in [0.717, 1.165) is 11.1 Å². The first-order valence-electron chi connectivity index (χ1n) is 10.2. The van der Waals surface area contributed by atoms with Gasteiger partial charge in [-0.05, 0) is 59.5 Å². The Morgan fingerprint density at radius 1 is 0.771 bits per heavy atom. The number of hydrogen-bond donors (Lipinski definition) is 5. The Hall–Kier alpha value is -3.30. The van der Waals surface area contributed by atoms with Crippen molar-refractivity contribution in [3.8, 4) is 17.2 Å². The van der Waals surface area contributed by atoms with Gasteiger partial charge in [0, 0.05) is 5.33 Å². The topological polar surface area (TPSA) is 135 Å². The summed E-state index contributed by atoms with van der Waals surface area (Å²) in [6.07, 6.45) is 2.15. The van der Waals surface area contributed by atoms with Gasteiger partial charge in [0.25, 0.3) is 0 Å². The molecule has 0 amide bonds. The quantitative estimate of drug-likeness (QED) is 0.214. The summed E-state index contributed by atoms with van der Waals surface area (Å²) >= 11 is 6.16. The minimum Gasteiger partial charge on any atom is -0.508 e. The van der Waals surface area contributed by atoms with Gasteiger partial charge in [0.2, 0.25) is 0 Å². The van der Waals surface area contributed by atoms with Gasteiger partial charge in [-0.1, -0.05) is 80.9 Å². The van der Waals surface area contributed by atoms with Gasteiger partial charge in [0.1, 0.15) is 22.1 Å². The van der Waals surface area contributed by atoms with Crippen molar-refractivity contribution >= 4 is 49.9 Å². The van der Waals surface area contributed by atoms with Gasteiger partial charge in [0.05, 0.1) is 5.92 Å². The van der Waals surface area contributed by atoms with E-state index in [1.165, 1.54) is 24.3 Å². The molecule has 5 N–H and O–H groups in total. The molecule has 0 radical (unpaired) electrons. The first kappa shape index (κ1) is 29.7. The average molecular weight is 610 g/mol. The van der Waals surface area contributed by atoms with E-state index in [1.54, 1.807) is 42.5 Å². The summed E-state index contributed by atoms with van der Waals surface area (Å²) in [5.74, 6) is -1.69. The number of hydrogen-bond acceptors (Lipinski definition) is 5. The lowest BCUT2D eigenvalue weighted by Crippen LogP contribution is -2.15. The number of phenols is 3. The van der Waals surface area contributed by atoms with Crippen molar-refractivity contribution < 1.29 is 35.1 Å². The molecule has 0 aliphatic rings. The first-order valence-corrected chi connectivity index (χ1v) is 12.2. The number of aliphatic carboxylic acids is 2. The van der Waals surface area contributed by atoms with Gasteiger partial charge >= 0.3 is 11.9 Å². The van der Waals surface area contributed by atoms with Crippen molar-refractivity contribution in [3.05, 3.63) is 96.1 Å². The summed E-state index contributed by atoms with van der Waals surface area (Å²) in [5.41, 5.74) is 2.58. The SMILES string of the molecule is C=Cc1ccc(O)cc1.O=C(O)C(Br)Cc1ccc(O)cc1.O=C(O)C(CBr)c1ccc(O)cc1. The van der Waals surface area contributed by atoms with Crippen molar-refractivity contribution in [2.24, 2.45) is 0 Å². The fourth-order valence-corrected chi connectivity index (χ4v) is 3.57. The van der Waals surface area contributed by atoms with Crippen molar-refractivity contribution in [2.75, 3.05) is 5.33 Å². The minimum atomic E-state index is -0.881. The van der Waals surface area contributed by atoms with Crippen LogP contribution in [0.2, 0.25) is 0 Å². The molecule has 7 nitrogen and oxygen atoms in total. The predicted octanol–water partition coefficient (Wildman–Crippen LogP) is 5.77. The molecule has 0 aliphatic heterocycles. The molecule has 2 unspecified atom stereocenters. The second-order valence-corrected chi connectivity index (χ2v) is 8.86. The molecule has 0 saturated heterocycles. The Morgan fingerprint density at radius 3 is 1.57 bits per heavy atom. The largest absolute Gasteiger partial charge is 0.508 e. The molecule has 0 aromatic heterocycles. The smallest absolute Gasteiger partial charge is 0.317 e. The van der Waals surface area contributed by atoms with Crippen LogP contribution in [0.3, 0.4) is 0 Å². The van der Waals surface area contributed by atoms with E-state index in [-0.39, 0.29) is 11.5 Å². The van der Waals surface area contributed by atoms with Crippen LogP contribution in [-0.2, 0) is 16.0 Å². The van der Waals surface area contributed by atoms with Gasteiger partial charge in [-0.15, -0.1) is 0 Å². The monoisotopic (exact) mass is 608 g/mol. The number of benzene rings is 3. The fraction of sp³-hybridized carbons (Fsp3) is 0.154. The van der Waals surface area contributed by atoms with Crippen LogP contribution in [0.4, 0.5) is 0 Å². The van der Waals surface area contributed by atoms with E-state index < -0.39 is 22.7 Å². The summed E-state index contributed by atoms with van der Waals surface area (Å²) in [6.45, 7) is 3.58. The van der Waals surface area contributed by atoms with Gasteiger partial charge in [-0.3, -0.25) is 9.59 Å². The molecular formula is C26H26Br2O7. The summed E-state index contributed by atoms with van der Waals surface area (Å²) in [7, 11) is 0. The number of carbonyl (C=O) groups is 2. The van der Waals surface area contributed by atoms with Gasteiger partial charge < -0.3 is 25.5 Å². The molecule has 3 aromatic rings. The number of carboxylic acids is 2. The average Bonchev–Trinajstić information content (AvgIpc) is 2.83. The van der Waals surface area contributed by atoms with E-state index >= 15 is 0 Å². The number of alkyl halides is 2. The summed E-state index contributed by atoms with van der Waals surface area (Å²) in [5, 5.41) is 44.6. The number of aromatic hydroxyl groups is 3. The number of rotatable bonds is 7. The Morgan fingerprint density at radius 2 is 1.20 bits per heavy atom. The molecule has 0 spiro atoms. The third kappa shape index (κ3) is 11.6. The number of phenolic OH excluding ortho intramolecular Hbond substituents is 3. The Bertz CT molecular complexity index is 1070. The molecule has 3 aromatic carbocycles. The Balaban J connectivity index is 0.000000267. The van der Waals surface area contributed by atoms with E-state index in [2.05, 4.69) is 38.4 Å². The van der Waals surface area contributed by atoms with Crippen LogP contribution in [0.1, 0.15) is 22.6 Å². The highest BCUT2D eigenvalue weighted by atomic mass is 79.9. The lowest BCUT2D eigenvalue weighted by molar-refractivity contribution is -0.138. The highest BCUT2D eigenvalue weighted by molar-refractivity contribution is 9.10. The maximum atomic E-state index is 10.7. The van der Waals surface area contributed by atoms with Gasteiger partial charge in [-0.25, -0.2) is 0 Å². The second-order valence-electron chi connectivity index (χ2n) is 7.11. The molecule has 9 heteroatoms. The van der Waals surface area contributed by atoms with Crippen molar-refractivity contribution in [3.63, 3.8) is 0 Å². The van der Waals surface area contributed by atoms with Crippen molar-refractivity contribution in [1.29, 1.82) is 0 Å². The Labute approximate surface area is 220 Å². The van der Waals surface area contributed by atoms with Crippen LogP contribution in [0.25, 0.3) is 6.08 Å². The minimum absolute atomic E-state index is 0.141. The van der Waals surface area contributed by atoms with Crippen molar-refractivity contribution in [1.82, 2.24) is 0 Å². The van der Waals surface area contributed by atoms with E-state index in [0.29, 0.717) is 23.1 Å². The third-order valence-corrected chi connectivity index (χ3v) is 5.86. The molecule has 186 valence electrons. The highest BCUT2D eigenvalue weighted by Crippen LogP contribution is 2.21. The molecule has 0 heterocycles. The number of halogens is 2. The molecule has 0 bridgehead atoms. The molecule has 0 saturated carbocycles. The molecule has 0 aliphatic carbocycles. The van der Waals surface area contributed by atoms with Crippen molar-refractivity contribution in [2.45, 2.75) is 17.2 Å². The van der Waals surface area contributed by atoms with Crippen LogP contribution < -0.4 is 0 Å². The molecule has 35 heavy (non-hydrogen) atoms. The van der Waals surface area contributed by atoms with Crippen LogP contribution in [0.5, 0.6) is 17.2 Å². The standard InChI is InChI=1S/2C9H9BrO3.C8H8O/c10-5-8(9(12)13)6-1-3-7(11)4-2-6;10-8(9(12)13)5-6-1-3-7(11)4-2-6;1-2-7-3-5-8(9)6-4-7/h2*1-4,8,11H,5H2,(H,12,13);2-6,9H,1H2. The van der Waals surface area contributed by atoms with Crippen LogP contribution in [0, 0.1) is 0 Å². The van der Waals surface area contributed by atoms with E-state index in [1.807, 2.05) is 12.1 Å². The maximum Gasteiger partial charge on any atom is 0.317 e. The third-order valence-electron chi connectivity index (χ3n) is 4.50. The van der Waals surface area contributed by atoms with Crippen LogP contribution >= 0.6 is 31.9 Å². The Kier molecular flexibility index (Phi) is 13.2. The molecule has 2 atom stereocenters. The summed E-state index contributed by atoms with van der Waals surface area (Å²) in [6, 6.07) is 19.5. The van der Waals surface area contributed by atoms with E-state index in [4.69, 9.17) is 25.5 Å². The molecular weight excluding hydrogens is 584 g/mol. The molecule has 3 rings (SSSR count). The summed E-state index contributed by atoms with van der Waals surface area (Å²) in [4.78, 5) is 20.6. The first-order chi connectivity index (χ1) is 16.6. The zero-order valence-corrected chi connectivity index (χ0v) is 21.8. The number of carboxylic acid groups (broad SMARTS) is 2. The zero-order chi connectivity index (χ0) is 26.4. The normalized spacial score (nSPS) is 11.5. The maximum absolute atomic E-state index is 10.7. The highest BCUT2D eigenvalue weighted by Gasteiger charge is 2.17. The van der Waals surface area contributed by atoms with Crippen LogP contribution in [0.15, 0.2) is 79.4 Å².